The van der Waals surface area contributed by atoms with Gasteiger partial charge in [-0.2, -0.15) is 21.6 Å². The molecule has 2 aliphatic heterocycles. The van der Waals surface area contributed by atoms with E-state index in [1.165, 1.54) is 0 Å². The Balaban J connectivity index is 1.66. The summed E-state index contributed by atoms with van der Waals surface area (Å²) in [5.74, 6) is -1.26. The molecule has 0 radical (unpaired) electrons. The van der Waals surface area contributed by atoms with Gasteiger partial charge in [0.05, 0.1) is 13.2 Å². The third kappa shape index (κ3) is 6.39. The van der Waals surface area contributed by atoms with Gasteiger partial charge in [-0.15, -0.1) is 0 Å². The number of alkyl halides is 3. The first-order valence-corrected chi connectivity index (χ1v) is 12.4. The molecule has 2 fully saturated rings. The Morgan fingerprint density at radius 2 is 1.76 bits per heavy atom. The number of carbonyl (C=O) groups is 1. The maximum absolute atomic E-state index is 12.8. The smallest absolute Gasteiger partial charge is 0.468 e. The normalized spacial score (nSPS) is 27.1. The van der Waals surface area contributed by atoms with Gasteiger partial charge in [-0.05, 0) is 10.7 Å². The first kappa shape index (κ1) is 26.9. The van der Waals surface area contributed by atoms with Gasteiger partial charge in [-0.1, -0.05) is 60.7 Å². The van der Waals surface area contributed by atoms with Crippen LogP contribution in [-0.4, -0.2) is 56.7 Å². The molecule has 0 aliphatic carbocycles. The minimum atomic E-state index is -6.08. The molecule has 200 valence electrons. The highest BCUT2D eigenvalue weighted by atomic mass is 32.2. The van der Waals surface area contributed by atoms with Gasteiger partial charge in [0, 0.05) is 12.5 Å². The van der Waals surface area contributed by atoms with Crippen molar-refractivity contribution >= 4 is 21.9 Å². The molecular formula is C23H23F3N2O8S. The second-order valence-electron chi connectivity index (χ2n) is 8.18. The average Bonchev–Trinajstić information content (AvgIpc) is 2.86. The predicted octanol–water partition coefficient (Wildman–Crippen LogP) is 2.77. The lowest BCUT2D eigenvalue weighted by atomic mass is 9.95. The summed E-state index contributed by atoms with van der Waals surface area (Å²) < 4.78 is 88.6. The average molecular weight is 545 g/mol. The summed E-state index contributed by atoms with van der Waals surface area (Å²) in [6.45, 7) is 1.08. The van der Waals surface area contributed by atoms with Gasteiger partial charge in [0.1, 0.15) is 18.2 Å². The second kappa shape index (κ2) is 11.0. The predicted molar refractivity (Wildman–Crippen MR) is 121 cm³/mol. The molecule has 14 heteroatoms. The molecule has 2 aromatic rings. The minimum Gasteiger partial charge on any atom is -0.468 e. The van der Waals surface area contributed by atoms with Crippen molar-refractivity contribution in [2.75, 3.05) is 6.61 Å². The van der Waals surface area contributed by atoms with Gasteiger partial charge < -0.3 is 24.3 Å². The van der Waals surface area contributed by atoms with Crippen LogP contribution >= 0.6 is 0 Å². The zero-order valence-corrected chi connectivity index (χ0v) is 20.1. The first-order valence-electron chi connectivity index (χ1n) is 11.0. The summed E-state index contributed by atoms with van der Waals surface area (Å²) >= 11 is 0. The number of halogens is 3. The van der Waals surface area contributed by atoms with Gasteiger partial charge in [0.2, 0.25) is 5.91 Å². The van der Waals surface area contributed by atoms with Crippen LogP contribution in [0.5, 0.6) is 0 Å². The number of nitrogens with zero attached hydrogens (tertiary/aromatic N) is 1. The van der Waals surface area contributed by atoms with E-state index in [4.69, 9.17) is 18.9 Å². The number of rotatable bonds is 7. The molecule has 0 saturated carbocycles. The van der Waals surface area contributed by atoms with Crippen LogP contribution in [0.2, 0.25) is 0 Å². The molecule has 37 heavy (non-hydrogen) atoms. The molecule has 5 atom stereocenters. The van der Waals surface area contributed by atoms with Gasteiger partial charge in [0.25, 0.3) is 5.90 Å². The van der Waals surface area contributed by atoms with Crippen molar-refractivity contribution in [1.29, 1.82) is 0 Å². The van der Waals surface area contributed by atoms with Crippen LogP contribution in [0.3, 0.4) is 0 Å². The Morgan fingerprint density at radius 3 is 2.38 bits per heavy atom. The van der Waals surface area contributed by atoms with E-state index in [0.29, 0.717) is 5.56 Å². The largest absolute Gasteiger partial charge is 0.536 e. The lowest BCUT2D eigenvalue weighted by Gasteiger charge is -2.46. The Bertz CT molecular complexity index is 1210. The van der Waals surface area contributed by atoms with Crippen LogP contribution in [0.4, 0.5) is 13.2 Å². The number of amides is 1. The standard InChI is InChI=1S/C23H23F3N2O8S/c1-14(29)27-18-20(32-12-15-8-4-2-5-9-15)19-17(13-33-22(35-19)16-10-6-3-7-11-16)34-21(18)28-36-37(30,31)23(24,25)26/h2-11,17-20,22H,12-13H2,1H3,(H,27,29)/b28-21-/t17-,18-,19-,20+,22-/m1/s1. The molecule has 2 aromatic carbocycles. The van der Waals surface area contributed by atoms with Gasteiger partial charge in [-0.3, -0.25) is 9.08 Å². The van der Waals surface area contributed by atoms with E-state index in [9.17, 15) is 26.4 Å². The van der Waals surface area contributed by atoms with Gasteiger partial charge >= 0.3 is 15.6 Å². The van der Waals surface area contributed by atoms with Crippen molar-refractivity contribution in [2.24, 2.45) is 5.16 Å². The SMILES string of the molecule is CC(=O)N[C@H]1/C(=N/OS(=O)(=O)C(F)(F)F)O[C@@H]2CO[C@@H](c3ccccc3)O[C@H]2[C@H]1OCc1ccccc1. The summed E-state index contributed by atoms with van der Waals surface area (Å²) in [6, 6.07) is 16.6. The summed E-state index contributed by atoms with van der Waals surface area (Å²) in [5.41, 5.74) is -4.27. The molecule has 1 amide bonds. The first-order chi connectivity index (χ1) is 17.5. The maximum Gasteiger partial charge on any atom is 0.536 e. The van der Waals surface area contributed by atoms with E-state index in [1.807, 2.05) is 12.1 Å². The quantitative estimate of drug-likeness (QED) is 0.417. The maximum atomic E-state index is 12.8. The molecule has 2 aliphatic rings. The lowest BCUT2D eigenvalue weighted by Crippen LogP contribution is -2.65. The van der Waals surface area contributed by atoms with Crippen LogP contribution in [-0.2, 0) is 44.8 Å². The molecular weight excluding hydrogens is 521 g/mol. The number of fused-ring (bicyclic) bond motifs is 1. The van der Waals surface area contributed by atoms with E-state index in [-0.39, 0.29) is 13.2 Å². The van der Waals surface area contributed by atoms with Crippen LogP contribution in [0.15, 0.2) is 65.8 Å². The van der Waals surface area contributed by atoms with Crippen molar-refractivity contribution in [3.63, 3.8) is 0 Å². The molecule has 0 aromatic heterocycles. The molecule has 0 bridgehead atoms. The number of benzene rings is 2. The number of hydrogen-bond donors (Lipinski definition) is 1. The monoisotopic (exact) mass is 544 g/mol. The van der Waals surface area contributed by atoms with Gasteiger partial charge in [0.15, 0.2) is 12.4 Å². The van der Waals surface area contributed by atoms with Gasteiger partial charge in [-0.25, -0.2) is 0 Å². The van der Waals surface area contributed by atoms with E-state index in [1.54, 1.807) is 48.5 Å². The fourth-order valence-electron chi connectivity index (χ4n) is 3.81. The zero-order chi connectivity index (χ0) is 26.6. The molecule has 2 saturated heterocycles. The van der Waals surface area contributed by atoms with E-state index in [2.05, 4.69) is 14.8 Å². The van der Waals surface area contributed by atoms with E-state index >= 15 is 0 Å². The van der Waals surface area contributed by atoms with Crippen molar-refractivity contribution in [3.8, 4) is 0 Å². The number of hydrogen-bond acceptors (Lipinski definition) is 9. The summed E-state index contributed by atoms with van der Waals surface area (Å²) in [5, 5.41) is 5.59. The molecule has 0 unspecified atom stereocenters. The van der Waals surface area contributed by atoms with E-state index in [0.717, 1.165) is 12.5 Å². The lowest BCUT2D eigenvalue weighted by molar-refractivity contribution is -0.287. The van der Waals surface area contributed by atoms with Crippen LogP contribution in [0.1, 0.15) is 24.3 Å². The molecule has 10 nitrogen and oxygen atoms in total. The highest BCUT2D eigenvalue weighted by molar-refractivity contribution is 7.87. The Hall–Kier alpha value is -3.20. The molecule has 1 N–H and O–H groups in total. The molecule has 0 spiro atoms. The van der Waals surface area contributed by atoms with Crippen molar-refractivity contribution in [1.82, 2.24) is 5.32 Å². The Labute approximate surface area is 210 Å². The summed E-state index contributed by atoms with van der Waals surface area (Å²) in [7, 11) is -6.08. The summed E-state index contributed by atoms with van der Waals surface area (Å²) in [4.78, 5) is 12.0. The van der Waals surface area contributed by atoms with Crippen molar-refractivity contribution in [3.05, 3.63) is 71.8 Å². The fraction of sp³-hybridized carbons (Fsp3) is 0.391. The van der Waals surface area contributed by atoms with Crippen LogP contribution < -0.4 is 5.32 Å². The fourth-order valence-corrected chi connectivity index (χ4v) is 4.06. The summed E-state index contributed by atoms with van der Waals surface area (Å²) in [6.07, 6.45) is -3.76. The third-order valence-electron chi connectivity index (χ3n) is 5.47. The van der Waals surface area contributed by atoms with Crippen LogP contribution in [0, 0.1) is 0 Å². The van der Waals surface area contributed by atoms with Crippen molar-refractivity contribution < 1.29 is 49.6 Å². The second-order valence-corrected chi connectivity index (χ2v) is 9.70. The highest BCUT2D eigenvalue weighted by Gasteiger charge is 2.52. The molecule has 4 rings (SSSR count). The van der Waals surface area contributed by atoms with E-state index < -0.39 is 58.1 Å². The Kier molecular flexibility index (Phi) is 8.02. The number of carbonyl (C=O) groups excluding carboxylic acids is 1. The highest BCUT2D eigenvalue weighted by Crippen LogP contribution is 2.35. The Morgan fingerprint density at radius 1 is 1.11 bits per heavy atom. The van der Waals surface area contributed by atoms with Crippen LogP contribution in [0.25, 0.3) is 0 Å². The topological polar surface area (TPSA) is 122 Å². The minimum absolute atomic E-state index is 0.0278. The number of nitrogens with one attached hydrogen (secondary N) is 1. The number of oxime groups is 1. The zero-order valence-electron chi connectivity index (χ0n) is 19.3. The number of ether oxygens (including phenoxy) is 4. The third-order valence-corrected chi connectivity index (χ3v) is 6.31. The molecule has 2 heterocycles. The van der Waals surface area contributed by atoms with Crippen molar-refractivity contribution in [2.45, 2.75) is 49.7 Å².